The highest BCUT2D eigenvalue weighted by molar-refractivity contribution is 7.92. The van der Waals surface area contributed by atoms with Crippen molar-refractivity contribution in [1.29, 1.82) is 0 Å². The fourth-order valence-electron chi connectivity index (χ4n) is 2.81. The monoisotopic (exact) mass is 358 g/mol. The molecule has 1 fully saturated rings. The van der Waals surface area contributed by atoms with Crippen LogP contribution in [0.3, 0.4) is 0 Å². The summed E-state index contributed by atoms with van der Waals surface area (Å²) in [5.41, 5.74) is 0.446. The first-order valence-electron chi connectivity index (χ1n) is 8.19. The first-order valence-corrected chi connectivity index (χ1v) is 9.63. The number of anilines is 1. The normalized spacial score (nSPS) is 19.7. The molecule has 1 heterocycles. The van der Waals surface area contributed by atoms with Crippen LogP contribution >= 0.6 is 0 Å². The summed E-state index contributed by atoms with van der Waals surface area (Å²) < 4.78 is 33.2. The molecule has 1 saturated carbocycles. The predicted molar refractivity (Wildman–Crippen MR) is 93.0 cm³/mol. The fraction of sp³-hybridized carbons (Fsp3) is 0.278. The summed E-state index contributed by atoms with van der Waals surface area (Å²) in [6.07, 6.45) is 1.05. The van der Waals surface area contributed by atoms with Crippen molar-refractivity contribution in [3.63, 3.8) is 0 Å². The lowest BCUT2D eigenvalue weighted by molar-refractivity contribution is -0.127. The van der Waals surface area contributed by atoms with Gasteiger partial charge in [-0.05, 0) is 37.1 Å². The third kappa shape index (κ3) is 3.07. The maximum atomic E-state index is 13.1. The van der Waals surface area contributed by atoms with Crippen LogP contribution in [0.4, 0.5) is 5.69 Å². The first kappa shape index (κ1) is 16.0. The lowest BCUT2D eigenvalue weighted by atomic mass is 10.2. The van der Waals surface area contributed by atoms with E-state index < -0.39 is 16.1 Å². The number of hydrogen-bond acceptors (Lipinski definition) is 4. The lowest BCUT2D eigenvalue weighted by Crippen LogP contribution is -2.51. The SMILES string of the molecule is O=C(NC1CC1)C1CN(S(=O)(=O)c2ccccc2)c2ccccc2O1. The minimum atomic E-state index is -3.78. The van der Waals surface area contributed by atoms with Crippen molar-refractivity contribution in [2.75, 3.05) is 10.8 Å². The molecule has 1 unspecified atom stereocenters. The number of hydrogen-bond donors (Lipinski definition) is 1. The highest BCUT2D eigenvalue weighted by Gasteiger charge is 2.38. The van der Waals surface area contributed by atoms with E-state index in [9.17, 15) is 13.2 Å². The van der Waals surface area contributed by atoms with Crippen molar-refractivity contribution >= 4 is 21.6 Å². The molecule has 1 N–H and O–H groups in total. The summed E-state index contributed by atoms with van der Waals surface area (Å²) in [6.45, 7) is -0.0488. The zero-order valence-electron chi connectivity index (χ0n) is 13.5. The van der Waals surface area contributed by atoms with Crippen LogP contribution in [0.2, 0.25) is 0 Å². The van der Waals surface area contributed by atoms with Crippen molar-refractivity contribution in [1.82, 2.24) is 5.32 Å². The third-order valence-corrected chi connectivity index (χ3v) is 6.08. The molecule has 0 saturated heterocycles. The Morgan fingerprint density at radius 1 is 1.04 bits per heavy atom. The van der Waals surface area contributed by atoms with E-state index >= 15 is 0 Å². The fourth-order valence-corrected chi connectivity index (χ4v) is 4.30. The number of amides is 1. The van der Waals surface area contributed by atoms with E-state index in [0.717, 1.165) is 12.8 Å². The van der Waals surface area contributed by atoms with Crippen LogP contribution in [0.25, 0.3) is 0 Å². The van der Waals surface area contributed by atoms with E-state index in [-0.39, 0.29) is 23.4 Å². The molecule has 0 bridgehead atoms. The Labute approximate surface area is 146 Å². The third-order valence-electron chi connectivity index (χ3n) is 4.28. The van der Waals surface area contributed by atoms with Crippen LogP contribution in [0.1, 0.15) is 12.8 Å². The Balaban J connectivity index is 1.71. The molecule has 2 aromatic rings. The van der Waals surface area contributed by atoms with E-state index in [1.807, 2.05) is 0 Å². The van der Waals surface area contributed by atoms with Crippen LogP contribution in [0.5, 0.6) is 5.75 Å². The molecule has 25 heavy (non-hydrogen) atoms. The van der Waals surface area contributed by atoms with Crippen molar-refractivity contribution in [3.05, 3.63) is 54.6 Å². The second kappa shape index (κ2) is 6.07. The zero-order valence-corrected chi connectivity index (χ0v) is 14.3. The van der Waals surface area contributed by atoms with Crippen molar-refractivity contribution in [3.8, 4) is 5.75 Å². The van der Waals surface area contributed by atoms with E-state index in [1.54, 1.807) is 54.6 Å². The van der Waals surface area contributed by atoms with E-state index in [2.05, 4.69) is 5.32 Å². The van der Waals surface area contributed by atoms with Gasteiger partial charge in [-0.3, -0.25) is 9.10 Å². The van der Waals surface area contributed by atoms with E-state index in [4.69, 9.17) is 4.74 Å². The first-order chi connectivity index (χ1) is 12.1. The second-order valence-electron chi connectivity index (χ2n) is 6.21. The number of nitrogens with zero attached hydrogens (tertiary/aromatic N) is 1. The quantitative estimate of drug-likeness (QED) is 0.906. The molecule has 4 rings (SSSR count). The van der Waals surface area contributed by atoms with E-state index in [1.165, 1.54) is 4.31 Å². The van der Waals surface area contributed by atoms with Gasteiger partial charge in [0, 0.05) is 6.04 Å². The van der Waals surface area contributed by atoms with Gasteiger partial charge in [-0.1, -0.05) is 30.3 Å². The highest BCUT2D eigenvalue weighted by Crippen LogP contribution is 2.36. The number of para-hydroxylation sites is 2. The average Bonchev–Trinajstić information content (AvgIpc) is 3.45. The van der Waals surface area contributed by atoms with Gasteiger partial charge in [0.2, 0.25) is 0 Å². The van der Waals surface area contributed by atoms with Crippen molar-refractivity contribution in [2.45, 2.75) is 29.9 Å². The summed E-state index contributed by atoms with van der Waals surface area (Å²) in [4.78, 5) is 12.6. The Hall–Kier alpha value is -2.54. The molecule has 0 spiro atoms. The number of carbonyl (C=O) groups excluding carboxylic acids is 1. The standard InChI is InChI=1S/C18H18N2O4S/c21-18(19-13-10-11-13)17-12-20(15-8-4-5-9-16(15)24-17)25(22,23)14-6-2-1-3-7-14/h1-9,13,17H,10-12H2,(H,19,21). The summed E-state index contributed by atoms with van der Waals surface area (Å²) in [6, 6.07) is 15.3. The maximum Gasteiger partial charge on any atom is 0.264 e. The van der Waals surface area contributed by atoms with Crippen molar-refractivity contribution in [2.24, 2.45) is 0 Å². The van der Waals surface area contributed by atoms with Gasteiger partial charge in [0.05, 0.1) is 17.1 Å². The zero-order chi connectivity index (χ0) is 17.4. The number of nitrogens with one attached hydrogen (secondary N) is 1. The Kier molecular flexibility index (Phi) is 3.88. The molecule has 1 atom stereocenters. The number of benzene rings is 2. The van der Waals surface area contributed by atoms with Gasteiger partial charge in [-0.2, -0.15) is 0 Å². The Morgan fingerprint density at radius 2 is 1.72 bits per heavy atom. The van der Waals surface area contributed by atoms with Gasteiger partial charge in [0.25, 0.3) is 15.9 Å². The van der Waals surface area contributed by atoms with Gasteiger partial charge in [0.1, 0.15) is 5.75 Å². The van der Waals surface area contributed by atoms with Crippen LogP contribution in [0.15, 0.2) is 59.5 Å². The second-order valence-corrected chi connectivity index (χ2v) is 8.07. The summed E-state index contributed by atoms with van der Waals surface area (Å²) in [5.74, 6) is 0.120. The molecule has 6 nitrogen and oxygen atoms in total. The van der Waals surface area contributed by atoms with Gasteiger partial charge in [-0.25, -0.2) is 8.42 Å². The minimum absolute atomic E-state index is 0.0488. The lowest BCUT2D eigenvalue weighted by Gasteiger charge is -2.34. The minimum Gasteiger partial charge on any atom is -0.476 e. The molecule has 7 heteroatoms. The number of rotatable bonds is 4. The molecule has 130 valence electrons. The van der Waals surface area contributed by atoms with Crippen LogP contribution < -0.4 is 14.4 Å². The van der Waals surface area contributed by atoms with Crippen molar-refractivity contribution < 1.29 is 17.9 Å². The molecule has 2 aliphatic rings. The van der Waals surface area contributed by atoms with Gasteiger partial charge < -0.3 is 10.1 Å². The summed E-state index contributed by atoms with van der Waals surface area (Å²) in [5, 5.41) is 2.88. The molecule has 0 aromatic heterocycles. The van der Waals surface area contributed by atoms with E-state index in [0.29, 0.717) is 11.4 Å². The largest absolute Gasteiger partial charge is 0.476 e. The molecule has 0 radical (unpaired) electrons. The smallest absolute Gasteiger partial charge is 0.264 e. The Bertz CT molecular complexity index is 894. The molecular weight excluding hydrogens is 340 g/mol. The number of fused-ring (bicyclic) bond motifs is 1. The predicted octanol–water partition coefficient (Wildman–Crippen LogP) is 1.92. The molecule has 2 aromatic carbocycles. The Morgan fingerprint density at radius 3 is 2.44 bits per heavy atom. The van der Waals surface area contributed by atoms with Crippen LogP contribution in [-0.2, 0) is 14.8 Å². The molecule has 1 amide bonds. The molecule has 1 aliphatic carbocycles. The summed E-state index contributed by atoms with van der Waals surface area (Å²) in [7, 11) is -3.78. The maximum absolute atomic E-state index is 13.1. The van der Waals surface area contributed by atoms with Crippen LogP contribution in [-0.4, -0.2) is 33.0 Å². The summed E-state index contributed by atoms with van der Waals surface area (Å²) >= 11 is 0. The van der Waals surface area contributed by atoms with Gasteiger partial charge in [-0.15, -0.1) is 0 Å². The number of ether oxygens (including phenoxy) is 1. The number of carbonyl (C=O) groups is 1. The van der Waals surface area contributed by atoms with Gasteiger partial charge in [0.15, 0.2) is 6.10 Å². The molecular formula is C18H18N2O4S. The molecule has 1 aliphatic heterocycles. The van der Waals surface area contributed by atoms with Gasteiger partial charge >= 0.3 is 0 Å². The average molecular weight is 358 g/mol. The topological polar surface area (TPSA) is 75.7 Å². The van der Waals surface area contributed by atoms with Crippen LogP contribution in [0, 0.1) is 0 Å². The highest BCUT2D eigenvalue weighted by atomic mass is 32.2. The number of sulfonamides is 1.